The predicted molar refractivity (Wildman–Crippen MR) is 89.0 cm³/mol. The number of halogens is 34. The Bertz CT molecular complexity index is 1160. The van der Waals surface area contributed by atoms with Crippen LogP contribution in [-0.2, 0) is 0 Å². The van der Waals surface area contributed by atoms with Crippen LogP contribution in [-0.4, -0.2) is 93.9 Å². The van der Waals surface area contributed by atoms with Crippen molar-refractivity contribution in [2.24, 2.45) is 0 Å². The number of rotatable bonds is 14. The summed E-state index contributed by atoms with van der Waals surface area (Å²) in [6.07, 6.45) is -16.6. The first-order valence-electron chi connectivity index (χ1n) is 10.3. The molecule has 0 radical (unpaired) electrons. The summed E-state index contributed by atoms with van der Waals surface area (Å²) in [7, 11) is 0. The Hall–Kier alpha value is -2.03. The van der Waals surface area contributed by atoms with Gasteiger partial charge in [-0.3, -0.25) is 0 Å². The first kappa shape index (κ1) is 49.0. The minimum atomic E-state index is -9.67. The fourth-order valence-electron chi connectivity index (χ4n) is 2.59. The van der Waals surface area contributed by atoms with Gasteiger partial charge in [-0.15, -0.1) is 0 Å². The fourth-order valence-corrected chi connectivity index (χ4v) is 3.42. The first-order chi connectivity index (χ1) is 21.2. The third-order valence-electron chi connectivity index (χ3n) is 5.64. The van der Waals surface area contributed by atoms with Crippen LogP contribution >= 0.6 is 11.8 Å². The van der Waals surface area contributed by atoms with Gasteiger partial charge in [0, 0.05) is 0 Å². The van der Waals surface area contributed by atoms with Crippen molar-refractivity contribution >= 4 is 11.8 Å². The maximum Gasteiger partial charge on any atom is 0.460 e. The van der Waals surface area contributed by atoms with Crippen molar-refractivity contribution in [3.05, 3.63) is 0 Å². The van der Waals surface area contributed by atoms with Crippen molar-refractivity contribution in [1.29, 1.82) is 0 Å². The second-order valence-electron chi connectivity index (χ2n) is 9.02. The van der Waals surface area contributed by atoms with Gasteiger partial charge in [0.2, 0.25) is 0 Å². The van der Waals surface area contributed by atoms with Gasteiger partial charge in [-0.25, -0.2) is 0 Å². The molecule has 0 saturated carbocycles. The molecular weight excluding hydrogens is 870 g/mol. The van der Waals surface area contributed by atoms with Gasteiger partial charge in [0.05, 0.1) is 0 Å². The molecule has 0 nitrogen and oxygen atoms in total. The molecule has 0 heterocycles. The Morgan fingerprint density at radius 1 is 0.157 bits per heavy atom. The highest BCUT2D eigenvalue weighted by Crippen LogP contribution is 2.69. The minimum Gasteiger partial charge on any atom is -0.192 e. The molecule has 0 spiro atoms. The van der Waals surface area contributed by atoms with E-state index in [9.17, 15) is 149 Å². The SMILES string of the molecule is FC(F)(F)C(F)(F)C(F)(F)C(F)(F)C(F)(F)C(F)(F)C(F)(F)C(F)(F)SC(F)(F)C(F)(F)C(F)(F)C(F)(F)C(F)(F)C(F)(F)C(F)(F)C(F)(F)F. The van der Waals surface area contributed by atoms with Crippen LogP contribution in [0.15, 0.2) is 0 Å². The van der Waals surface area contributed by atoms with Crippen LogP contribution in [0, 0.1) is 0 Å². The molecule has 0 N–H and O–H groups in total. The number of thioether (sulfide) groups is 1. The monoisotopic (exact) mass is 870 g/mol. The quantitative estimate of drug-likeness (QED) is 0.157. The lowest BCUT2D eigenvalue weighted by molar-refractivity contribution is -0.459. The zero-order valence-electron chi connectivity index (χ0n) is 21.3. The summed E-state index contributed by atoms with van der Waals surface area (Å²) in [5.74, 6) is -113. The maximum absolute atomic E-state index is 13.7. The Kier molecular flexibility index (Phi) is 11.3. The smallest absolute Gasteiger partial charge is 0.192 e. The lowest BCUT2D eigenvalue weighted by Crippen LogP contribution is -2.75. The predicted octanol–water partition coefficient (Wildman–Crippen LogP) is 11.7. The van der Waals surface area contributed by atoms with Gasteiger partial charge in [-0.2, -0.15) is 149 Å². The molecule has 0 aromatic rings. The molecule has 35 heteroatoms. The molecule has 0 aliphatic carbocycles. The zero-order valence-corrected chi connectivity index (χ0v) is 22.1. The van der Waals surface area contributed by atoms with Crippen molar-refractivity contribution in [3.8, 4) is 0 Å². The van der Waals surface area contributed by atoms with Crippen molar-refractivity contribution in [1.82, 2.24) is 0 Å². The van der Waals surface area contributed by atoms with Crippen LogP contribution in [0.25, 0.3) is 0 Å². The van der Waals surface area contributed by atoms with E-state index in [1.165, 1.54) is 0 Å². The molecule has 0 aromatic heterocycles. The molecule has 0 unspecified atom stereocenters. The summed E-state index contributed by atoms with van der Waals surface area (Å²) in [5.41, 5.74) is 0. The molecule has 308 valence electrons. The van der Waals surface area contributed by atoms with Crippen LogP contribution < -0.4 is 0 Å². The molecule has 51 heavy (non-hydrogen) atoms. The molecule has 0 bridgehead atoms. The average molecular weight is 870 g/mol. The highest BCUT2D eigenvalue weighted by atomic mass is 32.2. The Morgan fingerprint density at radius 3 is 0.412 bits per heavy atom. The minimum absolute atomic E-state index is 5.05. The van der Waals surface area contributed by atoms with Gasteiger partial charge in [-0.1, -0.05) is 0 Å². The molecule has 0 amide bonds. The molecule has 0 atom stereocenters. The van der Waals surface area contributed by atoms with Crippen LogP contribution in [0.5, 0.6) is 0 Å². The van der Waals surface area contributed by atoms with Gasteiger partial charge in [0.25, 0.3) is 0 Å². The largest absolute Gasteiger partial charge is 0.460 e. The molecule has 0 rings (SSSR count). The summed E-state index contributed by atoms with van der Waals surface area (Å²) in [5, 5.41) is -18.0. The van der Waals surface area contributed by atoms with Crippen molar-refractivity contribution in [2.75, 3.05) is 0 Å². The van der Waals surface area contributed by atoms with Gasteiger partial charge in [0.1, 0.15) is 0 Å². The maximum atomic E-state index is 13.7. The van der Waals surface area contributed by atoms with Crippen LogP contribution in [0.2, 0.25) is 0 Å². The summed E-state index contributed by atoms with van der Waals surface area (Å²) < 4.78 is 446. The topological polar surface area (TPSA) is 0 Å². The second kappa shape index (κ2) is 11.7. The van der Waals surface area contributed by atoms with E-state index < -0.39 is 106 Å². The van der Waals surface area contributed by atoms with Crippen LogP contribution in [0.4, 0.5) is 149 Å². The Labute approximate surface area is 256 Å². The number of hydrogen-bond acceptors (Lipinski definition) is 1. The van der Waals surface area contributed by atoms with E-state index in [1.807, 2.05) is 0 Å². The normalized spacial score (nSPS) is 17.3. The highest BCUT2D eigenvalue weighted by molar-refractivity contribution is 8.01. The fraction of sp³-hybridized carbons (Fsp3) is 1.00. The second-order valence-corrected chi connectivity index (χ2v) is 10.3. The molecule has 0 aliphatic heterocycles. The summed E-state index contributed by atoms with van der Waals surface area (Å²) >= 11 is -5.05. The van der Waals surface area contributed by atoms with Crippen LogP contribution in [0.1, 0.15) is 0 Å². The summed E-state index contributed by atoms with van der Waals surface area (Å²) in [4.78, 5) is 0. The van der Waals surface area contributed by atoms with E-state index in [4.69, 9.17) is 0 Å². The van der Waals surface area contributed by atoms with E-state index in [1.54, 1.807) is 0 Å². The molecule has 0 aromatic carbocycles. The van der Waals surface area contributed by atoms with Gasteiger partial charge in [0.15, 0.2) is 0 Å². The lowest BCUT2D eigenvalue weighted by atomic mass is 9.91. The number of hydrogen-bond donors (Lipinski definition) is 0. The standard InChI is InChI=1S/C16F34S/c17-1(18,5(25,26)9(33,34)13(41,42)43)3(21,22)7(29,30)11(37,38)15(47,48)51-16(49,50)12(39,40)8(31,32)4(23,24)2(19,20)6(27,28)10(35,36)14(44,45)46. The highest BCUT2D eigenvalue weighted by Gasteiger charge is 2.98. The van der Waals surface area contributed by atoms with Gasteiger partial charge >= 0.3 is 93.9 Å². The van der Waals surface area contributed by atoms with Crippen molar-refractivity contribution < 1.29 is 149 Å². The first-order valence-corrected chi connectivity index (χ1v) is 11.2. The third kappa shape index (κ3) is 6.00. The van der Waals surface area contributed by atoms with E-state index in [-0.39, 0.29) is 0 Å². The summed E-state index contributed by atoms with van der Waals surface area (Å²) in [6, 6.07) is 0. The van der Waals surface area contributed by atoms with Crippen molar-refractivity contribution in [3.63, 3.8) is 0 Å². The van der Waals surface area contributed by atoms with E-state index in [2.05, 4.69) is 0 Å². The van der Waals surface area contributed by atoms with E-state index in [0.29, 0.717) is 0 Å². The third-order valence-corrected chi connectivity index (χ3v) is 6.67. The van der Waals surface area contributed by atoms with Crippen molar-refractivity contribution in [2.45, 2.75) is 93.9 Å². The molecule has 0 saturated heterocycles. The molecular formula is C16F34S. The Balaban J connectivity index is 7.35. The number of alkyl halides is 34. The van der Waals surface area contributed by atoms with E-state index >= 15 is 0 Å². The van der Waals surface area contributed by atoms with Gasteiger partial charge in [-0.05, 0) is 11.8 Å². The zero-order chi connectivity index (χ0) is 42.7. The molecule has 0 aliphatic rings. The lowest BCUT2D eigenvalue weighted by Gasteiger charge is -2.44. The average Bonchev–Trinajstić information content (AvgIpc) is 2.85. The van der Waals surface area contributed by atoms with E-state index in [0.717, 1.165) is 0 Å². The van der Waals surface area contributed by atoms with Gasteiger partial charge < -0.3 is 0 Å². The molecule has 0 fully saturated rings. The summed E-state index contributed by atoms with van der Waals surface area (Å²) in [6.45, 7) is 0. The Morgan fingerprint density at radius 2 is 0.275 bits per heavy atom. The van der Waals surface area contributed by atoms with Crippen LogP contribution in [0.3, 0.4) is 0 Å².